The van der Waals surface area contributed by atoms with Gasteiger partial charge in [-0.25, -0.2) is 0 Å². The van der Waals surface area contributed by atoms with Crippen molar-refractivity contribution in [2.75, 3.05) is 33.2 Å². The van der Waals surface area contributed by atoms with Gasteiger partial charge in [-0.15, -0.1) is 0 Å². The van der Waals surface area contributed by atoms with E-state index in [1.54, 1.807) is 6.92 Å². The summed E-state index contributed by atoms with van der Waals surface area (Å²) in [6.45, 7) is 10.0. The van der Waals surface area contributed by atoms with Crippen LogP contribution in [0.5, 0.6) is 0 Å². The van der Waals surface area contributed by atoms with Gasteiger partial charge in [0.2, 0.25) is 0 Å². The summed E-state index contributed by atoms with van der Waals surface area (Å²) in [4.78, 5) is 15.9. The van der Waals surface area contributed by atoms with Gasteiger partial charge in [0, 0.05) is 25.7 Å². The molecule has 1 fully saturated rings. The first-order chi connectivity index (χ1) is 6.99. The van der Waals surface area contributed by atoms with Crippen LogP contribution in [0.4, 0.5) is 0 Å². The molecule has 3 heteroatoms. The number of likely N-dealkylation sites (N-methyl/N-ethyl adjacent to an activating group) is 1. The third-order valence-electron chi connectivity index (χ3n) is 2.98. The summed E-state index contributed by atoms with van der Waals surface area (Å²) < 4.78 is 0. The highest BCUT2D eigenvalue weighted by Gasteiger charge is 2.26. The van der Waals surface area contributed by atoms with Crippen LogP contribution in [0.3, 0.4) is 0 Å². The maximum Gasteiger partial charge on any atom is 0.143 e. The van der Waals surface area contributed by atoms with Crippen LogP contribution in [0.15, 0.2) is 0 Å². The highest BCUT2D eigenvalue weighted by atomic mass is 16.1. The number of piperazine rings is 1. The van der Waals surface area contributed by atoms with Crippen molar-refractivity contribution in [3.63, 3.8) is 0 Å². The quantitative estimate of drug-likeness (QED) is 0.700. The van der Waals surface area contributed by atoms with E-state index < -0.39 is 0 Å². The molecule has 0 bridgehead atoms. The smallest absolute Gasteiger partial charge is 0.143 e. The summed E-state index contributed by atoms with van der Waals surface area (Å²) in [7, 11) is 2.17. The van der Waals surface area contributed by atoms with Crippen molar-refractivity contribution in [1.82, 2.24) is 9.80 Å². The lowest BCUT2D eigenvalue weighted by Gasteiger charge is -2.40. The fourth-order valence-electron chi connectivity index (χ4n) is 2.31. The van der Waals surface area contributed by atoms with Crippen molar-refractivity contribution in [2.45, 2.75) is 33.2 Å². The molecular formula is C12H24N2O. The number of nitrogens with zero attached hydrogens (tertiary/aromatic N) is 2. The Morgan fingerprint density at radius 3 is 2.60 bits per heavy atom. The third-order valence-corrected chi connectivity index (χ3v) is 2.98. The van der Waals surface area contributed by atoms with Gasteiger partial charge in [0.05, 0.1) is 6.54 Å². The van der Waals surface area contributed by atoms with Crippen molar-refractivity contribution in [1.29, 1.82) is 0 Å². The van der Waals surface area contributed by atoms with E-state index in [0.717, 1.165) is 19.6 Å². The summed E-state index contributed by atoms with van der Waals surface area (Å²) in [5, 5.41) is 0. The second-order valence-corrected chi connectivity index (χ2v) is 5.22. The fraction of sp³-hybridized carbons (Fsp3) is 0.917. The fourth-order valence-corrected chi connectivity index (χ4v) is 2.31. The number of ketones is 1. The zero-order valence-electron chi connectivity index (χ0n) is 10.5. The van der Waals surface area contributed by atoms with E-state index in [9.17, 15) is 4.79 Å². The Kier molecular flexibility index (Phi) is 4.74. The largest absolute Gasteiger partial charge is 0.304 e. The lowest BCUT2D eigenvalue weighted by atomic mass is 10.00. The summed E-state index contributed by atoms with van der Waals surface area (Å²) in [6, 6.07) is 0.563. The topological polar surface area (TPSA) is 23.6 Å². The molecule has 1 saturated heterocycles. The van der Waals surface area contributed by atoms with Crippen LogP contribution < -0.4 is 0 Å². The van der Waals surface area contributed by atoms with Gasteiger partial charge < -0.3 is 4.90 Å². The molecule has 1 aliphatic rings. The van der Waals surface area contributed by atoms with Gasteiger partial charge in [0.1, 0.15) is 5.78 Å². The highest BCUT2D eigenvalue weighted by Crippen LogP contribution is 2.16. The molecule has 15 heavy (non-hydrogen) atoms. The Labute approximate surface area is 93.4 Å². The van der Waals surface area contributed by atoms with E-state index in [4.69, 9.17) is 0 Å². The molecule has 1 atom stereocenters. The van der Waals surface area contributed by atoms with Crippen molar-refractivity contribution >= 4 is 5.78 Å². The Balaban J connectivity index is 2.53. The molecule has 1 rings (SSSR count). The molecule has 88 valence electrons. The van der Waals surface area contributed by atoms with E-state index in [1.807, 2.05) is 0 Å². The molecule has 0 aromatic rings. The first-order valence-electron chi connectivity index (χ1n) is 5.91. The molecule has 0 spiro atoms. The minimum Gasteiger partial charge on any atom is -0.304 e. The Bertz CT molecular complexity index is 214. The molecule has 0 radical (unpaired) electrons. The first kappa shape index (κ1) is 12.7. The summed E-state index contributed by atoms with van der Waals surface area (Å²) in [5.41, 5.74) is 0. The third kappa shape index (κ3) is 4.31. The summed E-state index contributed by atoms with van der Waals surface area (Å²) in [6.07, 6.45) is 1.19. The molecular weight excluding hydrogens is 188 g/mol. The van der Waals surface area contributed by atoms with Gasteiger partial charge >= 0.3 is 0 Å². The lowest BCUT2D eigenvalue weighted by molar-refractivity contribution is -0.119. The number of carbonyl (C=O) groups excluding carboxylic acids is 1. The molecule has 0 saturated carbocycles. The van der Waals surface area contributed by atoms with Crippen molar-refractivity contribution in [3.05, 3.63) is 0 Å². The van der Waals surface area contributed by atoms with Crippen LogP contribution in [0.1, 0.15) is 27.2 Å². The lowest BCUT2D eigenvalue weighted by Crippen LogP contribution is -2.53. The summed E-state index contributed by atoms with van der Waals surface area (Å²) >= 11 is 0. The average Bonchev–Trinajstić information content (AvgIpc) is 2.08. The monoisotopic (exact) mass is 212 g/mol. The number of rotatable bonds is 4. The molecule has 0 amide bonds. The number of Topliss-reactive ketones (excluding diaryl/α,β-unsaturated/α-hetero) is 1. The van der Waals surface area contributed by atoms with Crippen molar-refractivity contribution < 1.29 is 4.79 Å². The number of hydrogen-bond acceptors (Lipinski definition) is 3. The minimum absolute atomic E-state index is 0.285. The Hall–Kier alpha value is -0.410. The Morgan fingerprint density at radius 1 is 1.40 bits per heavy atom. The van der Waals surface area contributed by atoms with Crippen LogP contribution in [-0.2, 0) is 4.79 Å². The van der Waals surface area contributed by atoms with Gasteiger partial charge in [0.15, 0.2) is 0 Å². The number of hydrogen-bond donors (Lipinski definition) is 0. The normalized spacial score (nSPS) is 24.7. The van der Waals surface area contributed by atoms with E-state index >= 15 is 0 Å². The van der Waals surface area contributed by atoms with E-state index in [2.05, 4.69) is 30.7 Å². The van der Waals surface area contributed by atoms with Gasteiger partial charge in [0.25, 0.3) is 0 Å². The van der Waals surface area contributed by atoms with Crippen LogP contribution in [0, 0.1) is 5.92 Å². The molecule has 0 aromatic heterocycles. The molecule has 1 aliphatic heterocycles. The predicted molar refractivity (Wildman–Crippen MR) is 63.0 cm³/mol. The van der Waals surface area contributed by atoms with Crippen molar-refractivity contribution in [3.8, 4) is 0 Å². The van der Waals surface area contributed by atoms with Crippen LogP contribution in [-0.4, -0.2) is 54.9 Å². The molecule has 0 aliphatic carbocycles. The zero-order chi connectivity index (χ0) is 11.4. The first-order valence-corrected chi connectivity index (χ1v) is 5.91. The van der Waals surface area contributed by atoms with Crippen molar-refractivity contribution in [2.24, 2.45) is 5.92 Å². The zero-order valence-corrected chi connectivity index (χ0v) is 10.5. The SMILES string of the molecule is CC(=O)CN1CCN(C)CC1CC(C)C. The Morgan fingerprint density at radius 2 is 2.07 bits per heavy atom. The number of carbonyl (C=O) groups is 1. The van der Waals surface area contributed by atoms with Gasteiger partial charge in [-0.1, -0.05) is 13.8 Å². The standard InChI is InChI=1S/C12H24N2O/c1-10(2)7-12-9-13(4)5-6-14(12)8-11(3)15/h10,12H,5-9H2,1-4H3. The van der Waals surface area contributed by atoms with Crippen LogP contribution in [0.2, 0.25) is 0 Å². The van der Waals surface area contributed by atoms with Gasteiger partial charge in [-0.2, -0.15) is 0 Å². The molecule has 0 aromatic carbocycles. The average molecular weight is 212 g/mol. The molecule has 1 heterocycles. The van der Waals surface area contributed by atoms with E-state index in [0.29, 0.717) is 18.5 Å². The van der Waals surface area contributed by atoms with E-state index in [-0.39, 0.29) is 5.78 Å². The summed E-state index contributed by atoms with van der Waals surface area (Å²) in [5.74, 6) is 0.990. The highest BCUT2D eigenvalue weighted by molar-refractivity contribution is 5.77. The maximum atomic E-state index is 11.2. The second-order valence-electron chi connectivity index (χ2n) is 5.22. The molecule has 1 unspecified atom stereocenters. The second kappa shape index (κ2) is 5.61. The van der Waals surface area contributed by atoms with Crippen LogP contribution >= 0.6 is 0 Å². The van der Waals surface area contributed by atoms with Gasteiger partial charge in [-0.05, 0) is 26.3 Å². The molecule has 0 N–H and O–H groups in total. The van der Waals surface area contributed by atoms with Crippen LogP contribution in [0.25, 0.3) is 0 Å². The molecule has 3 nitrogen and oxygen atoms in total. The van der Waals surface area contributed by atoms with Gasteiger partial charge in [-0.3, -0.25) is 9.69 Å². The minimum atomic E-state index is 0.285. The predicted octanol–water partition coefficient (Wildman–Crippen LogP) is 1.24. The van der Waals surface area contributed by atoms with E-state index in [1.165, 1.54) is 6.42 Å². The maximum absolute atomic E-state index is 11.2.